The van der Waals surface area contributed by atoms with Crippen molar-refractivity contribution < 1.29 is 0 Å². The number of nitrogens with one attached hydrogen (secondary N) is 1. The van der Waals surface area contributed by atoms with Crippen LogP contribution in [0.1, 0.15) is 37.7 Å². The maximum absolute atomic E-state index is 5.98. The standard InChI is InChI=1S/C15H24N2/c16-14-9-4-10-15(12-14)17-11-5-8-13-6-2-1-3-7-13/h1-3,6-7,14-15,17H,4-5,8-12,16H2. The van der Waals surface area contributed by atoms with E-state index in [1.165, 1.54) is 37.7 Å². The SMILES string of the molecule is NC1CCCC(NCCCc2ccccc2)C1. The Morgan fingerprint density at radius 1 is 1.18 bits per heavy atom. The fourth-order valence-electron chi connectivity index (χ4n) is 2.66. The van der Waals surface area contributed by atoms with Gasteiger partial charge in [0.1, 0.15) is 0 Å². The molecule has 0 spiro atoms. The van der Waals surface area contributed by atoms with E-state index in [1.807, 2.05) is 0 Å². The third-order valence-corrected chi connectivity index (χ3v) is 3.63. The summed E-state index contributed by atoms with van der Waals surface area (Å²) in [4.78, 5) is 0. The van der Waals surface area contributed by atoms with Gasteiger partial charge in [0.15, 0.2) is 0 Å². The summed E-state index contributed by atoms with van der Waals surface area (Å²) in [5.41, 5.74) is 7.42. The largest absolute Gasteiger partial charge is 0.328 e. The van der Waals surface area contributed by atoms with E-state index >= 15 is 0 Å². The number of nitrogens with two attached hydrogens (primary N) is 1. The predicted octanol–water partition coefficient (Wildman–Crippen LogP) is 2.48. The van der Waals surface area contributed by atoms with E-state index in [1.54, 1.807) is 0 Å². The van der Waals surface area contributed by atoms with Crippen LogP contribution in [-0.2, 0) is 6.42 Å². The molecule has 1 aliphatic rings. The quantitative estimate of drug-likeness (QED) is 0.765. The van der Waals surface area contributed by atoms with Gasteiger partial charge in [-0.15, -0.1) is 0 Å². The summed E-state index contributed by atoms with van der Waals surface area (Å²) in [6.07, 6.45) is 7.35. The lowest BCUT2D eigenvalue weighted by atomic mass is 9.91. The van der Waals surface area contributed by atoms with Gasteiger partial charge in [-0.3, -0.25) is 0 Å². The first kappa shape index (κ1) is 12.6. The minimum atomic E-state index is 0.426. The van der Waals surface area contributed by atoms with Gasteiger partial charge in [-0.1, -0.05) is 36.8 Å². The normalized spacial score (nSPS) is 24.8. The first-order valence-electron chi connectivity index (χ1n) is 6.87. The van der Waals surface area contributed by atoms with Crippen LogP contribution in [0.3, 0.4) is 0 Å². The number of rotatable bonds is 5. The molecule has 0 aliphatic heterocycles. The fraction of sp³-hybridized carbons (Fsp3) is 0.600. The third-order valence-electron chi connectivity index (χ3n) is 3.63. The molecular formula is C15H24N2. The van der Waals surface area contributed by atoms with Gasteiger partial charge < -0.3 is 11.1 Å². The Morgan fingerprint density at radius 3 is 2.76 bits per heavy atom. The van der Waals surface area contributed by atoms with Crippen molar-refractivity contribution in [3.05, 3.63) is 35.9 Å². The summed E-state index contributed by atoms with van der Waals surface area (Å²) >= 11 is 0. The summed E-state index contributed by atoms with van der Waals surface area (Å²) in [5, 5.41) is 3.64. The predicted molar refractivity (Wildman–Crippen MR) is 73.0 cm³/mol. The molecule has 1 saturated carbocycles. The van der Waals surface area contributed by atoms with E-state index in [2.05, 4.69) is 35.6 Å². The molecule has 1 aliphatic carbocycles. The molecule has 0 heterocycles. The van der Waals surface area contributed by atoms with Crippen LogP contribution in [0.5, 0.6) is 0 Å². The van der Waals surface area contributed by atoms with Crippen LogP contribution < -0.4 is 11.1 Å². The average molecular weight is 232 g/mol. The Hall–Kier alpha value is -0.860. The Labute approximate surface area is 105 Å². The number of benzene rings is 1. The lowest BCUT2D eigenvalue weighted by Crippen LogP contribution is -2.39. The molecule has 1 aromatic rings. The highest BCUT2D eigenvalue weighted by molar-refractivity contribution is 5.14. The van der Waals surface area contributed by atoms with Crippen molar-refractivity contribution in [1.29, 1.82) is 0 Å². The second-order valence-corrected chi connectivity index (χ2v) is 5.17. The number of hydrogen-bond donors (Lipinski definition) is 2. The highest BCUT2D eigenvalue weighted by Gasteiger charge is 2.17. The summed E-state index contributed by atoms with van der Waals surface area (Å²) < 4.78 is 0. The maximum atomic E-state index is 5.98. The number of hydrogen-bond acceptors (Lipinski definition) is 2. The van der Waals surface area contributed by atoms with E-state index in [4.69, 9.17) is 5.73 Å². The van der Waals surface area contributed by atoms with Gasteiger partial charge in [0.25, 0.3) is 0 Å². The van der Waals surface area contributed by atoms with Crippen LogP contribution in [0.4, 0.5) is 0 Å². The molecule has 0 saturated heterocycles. The highest BCUT2D eigenvalue weighted by Crippen LogP contribution is 2.16. The smallest absolute Gasteiger partial charge is 0.00818 e. The molecule has 0 aromatic heterocycles. The second kappa shape index (κ2) is 6.77. The van der Waals surface area contributed by atoms with E-state index in [-0.39, 0.29) is 0 Å². The monoisotopic (exact) mass is 232 g/mol. The summed E-state index contributed by atoms with van der Waals surface area (Å²) in [7, 11) is 0. The van der Waals surface area contributed by atoms with Gasteiger partial charge in [0, 0.05) is 12.1 Å². The molecule has 1 aromatic carbocycles. The second-order valence-electron chi connectivity index (χ2n) is 5.17. The van der Waals surface area contributed by atoms with Gasteiger partial charge >= 0.3 is 0 Å². The van der Waals surface area contributed by atoms with Crippen molar-refractivity contribution >= 4 is 0 Å². The zero-order valence-corrected chi connectivity index (χ0v) is 10.6. The van der Waals surface area contributed by atoms with Crippen molar-refractivity contribution in [3.63, 3.8) is 0 Å². The summed E-state index contributed by atoms with van der Waals surface area (Å²) in [5.74, 6) is 0. The van der Waals surface area contributed by atoms with E-state index in [9.17, 15) is 0 Å². The lowest BCUT2D eigenvalue weighted by Gasteiger charge is -2.27. The van der Waals surface area contributed by atoms with Crippen molar-refractivity contribution in [1.82, 2.24) is 5.32 Å². The average Bonchev–Trinajstić information content (AvgIpc) is 2.36. The molecule has 0 amide bonds. The zero-order chi connectivity index (χ0) is 11.9. The lowest BCUT2D eigenvalue weighted by molar-refractivity contribution is 0.339. The van der Waals surface area contributed by atoms with Crippen molar-refractivity contribution in [3.8, 4) is 0 Å². The van der Waals surface area contributed by atoms with Gasteiger partial charge in [0.05, 0.1) is 0 Å². The fourth-order valence-corrected chi connectivity index (χ4v) is 2.66. The van der Waals surface area contributed by atoms with Crippen molar-refractivity contribution in [2.75, 3.05) is 6.54 Å². The van der Waals surface area contributed by atoms with Crippen molar-refractivity contribution in [2.45, 2.75) is 50.6 Å². The third kappa shape index (κ3) is 4.49. The Morgan fingerprint density at radius 2 is 2.00 bits per heavy atom. The minimum absolute atomic E-state index is 0.426. The van der Waals surface area contributed by atoms with Crippen LogP contribution in [-0.4, -0.2) is 18.6 Å². The summed E-state index contributed by atoms with van der Waals surface area (Å²) in [6, 6.07) is 11.8. The van der Waals surface area contributed by atoms with Crippen LogP contribution in [0.15, 0.2) is 30.3 Å². The van der Waals surface area contributed by atoms with E-state index < -0.39 is 0 Å². The molecule has 2 heteroatoms. The Kier molecular flexibility index (Phi) is 5.02. The maximum Gasteiger partial charge on any atom is 0.00818 e. The van der Waals surface area contributed by atoms with Crippen LogP contribution >= 0.6 is 0 Å². The van der Waals surface area contributed by atoms with Gasteiger partial charge in [0.2, 0.25) is 0 Å². The molecule has 0 radical (unpaired) electrons. The Bertz CT molecular complexity index is 310. The Balaban J connectivity index is 1.60. The molecule has 2 atom stereocenters. The summed E-state index contributed by atoms with van der Waals surface area (Å²) in [6.45, 7) is 1.12. The van der Waals surface area contributed by atoms with Gasteiger partial charge in [-0.2, -0.15) is 0 Å². The minimum Gasteiger partial charge on any atom is -0.328 e. The molecular weight excluding hydrogens is 208 g/mol. The highest BCUT2D eigenvalue weighted by atomic mass is 14.9. The molecule has 2 rings (SSSR count). The molecule has 3 N–H and O–H groups in total. The van der Waals surface area contributed by atoms with Crippen LogP contribution in [0, 0.1) is 0 Å². The van der Waals surface area contributed by atoms with Crippen LogP contribution in [0.2, 0.25) is 0 Å². The van der Waals surface area contributed by atoms with E-state index in [0.717, 1.165) is 13.0 Å². The first-order chi connectivity index (χ1) is 8.34. The molecule has 17 heavy (non-hydrogen) atoms. The molecule has 0 bridgehead atoms. The molecule has 2 unspecified atom stereocenters. The van der Waals surface area contributed by atoms with E-state index in [0.29, 0.717) is 12.1 Å². The molecule has 94 valence electrons. The zero-order valence-electron chi connectivity index (χ0n) is 10.6. The number of aryl methyl sites for hydroxylation is 1. The molecule has 1 fully saturated rings. The van der Waals surface area contributed by atoms with Gasteiger partial charge in [-0.05, 0) is 44.2 Å². The molecule has 2 nitrogen and oxygen atoms in total. The first-order valence-corrected chi connectivity index (χ1v) is 6.87. The van der Waals surface area contributed by atoms with Crippen LogP contribution in [0.25, 0.3) is 0 Å². The topological polar surface area (TPSA) is 38.0 Å². The van der Waals surface area contributed by atoms with Gasteiger partial charge in [-0.25, -0.2) is 0 Å². The van der Waals surface area contributed by atoms with Crippen molar-refractivity contribution in [2.24, 2.45) is 5.73 Å².